The van der Waals surface area contributed by atoms with Gasteiger partial charge in [-0.3, -0.25) is 14.9 Å². The van der Waals surface area contributed by atoms with Crippen LogP contribution in [-0.4, -0.2) is 27.5 Å². The molecule has 1 atom stereocenters. The predicted octanol–water partition coefficient (Wildman–Crippen LogP) is 4.10. The van der Waals surface area contributed by atoms with Gasteiger partial charge >= 0.3 is 0 Å². The highest BCUT2D eigenvalue weighted by Crippen LogP contribution is 2.23. The standard InChI is InChI=1S/C21H22N4O3S/c1-2-3-4-15-5-7-16(8-6-15)13-19-20(26)23-21(29-19)24-22-14-17-9-11-18(12-10-17)25(27)28/h5-12,14,19H,2-4,13H2,1H3,(H,23,24,26)/b22-14+. The minimum Gasteiger partial charge on any atom is -0.303 e. The van der Waals surface area contributed by atoms with Gasteiger partial charge in [-0.25, -0.2) is 0 Å². The molecule has 29 heavy (non-hydrogen) atoms. The highest BCUT2D eigenvalue weighted by atomic mass is 32.2. The molecule has 150 valence electrons. The molecule has 8 heteroatoms. The van der Waals surface area contributed by atoms with Crippen molar-refractivity contribution in [3.05, 3.63) is 75.3 Å². The van der Waals surface area contributed by atoms with Crippen LogP contribution in [0.4, 0.5) is 5.69 Å². The van der Waals surface area contributed by atoms with E-state index in [4.69, 9.17) is 0 Å². The summed E-state index contributed by atoms with van der Waals surface area (Å²) in [5.41, 5.74) is 3.15. The third-order valence-corrected chi connectivity index (χ3v) is 5.57. The van der Waals surface area contributed by atoms with E-state index >= 15 is 0 Å². The zero-order valence-corrected chi connectivity index (χ0v) is 16.9. The van der Waals surface area contributed by atoms with Gasteiger partial charge in [-0.2, -0.15) is 5.10 Å². The Labute approximate surface area is 173 Å². The summed E-state index contributed by atoms with van der Waals surface area (Å²) in [4.78, 5) is 22.4. The van der Waals surface area contributed by atoms with Crippen LogP contribution in [0.1, 0.15) is 36.5 Å². The van der Waals surface area contributed by atoms with E-state index in [0.717, 1.165) is 12.0 Å². The number of unbranched alkanes of at least 4 members (excludes halogenated alkanes) is 1. The van der Waals surface area contributed by atoms with Gasteiger partial charge < -0.3 is 5.32 Å². The number of nitro benzene ring substituents is 1. The number of amides is 1. The van der Waals surface area contributed by atoms with Gasteiger partial charge in [0.1, 0.15) is 0 Å². The van der Waals surface area contributed by atoms with Crippen molar-refractivity contribution in [3.63, 3.8) is 0 Å². The zero-order valence-electron chi connectivity index (χ0n) is 16.1. The van der Waals surface area contributed by atoms with Crippen LogP contribution in [0.2, 0.25) is 0 Å². The molecular formula is C21H22N4O3S. The predicted molar refractivity (Wildman–Crippen MR) is 116 cm³/mol. The number of carbonyl (C=O) groups is 1. The summed E-state index contributed by atoms with van der Waals surface area (Å²) in [5, 5.41) is 21.6. The van der Waals surface area contributed by atoms with Crippen molar-refractivity contribution in [2.45, 2.75) is 37.9 Å². The molecule has 1 aliphatic rings. The fraction of sp³-hybridized carbons (Fsp3) is 0.286. The average Bonchev–Trinajstić information content (AvgIpc) is 3.07. The lowest BCUT2D eigenvalue weighted by Crippen LogP contribution is -2.25. The lowest BCUT2D eigenvalue weighted by molar-refractivity contribution is -0.384. The molecule has 1 aliphatic heterocycles. The van der Waals surface area contributed by atoms with E-state index in [9.17, 15) is 14.9 Å². The summed E-state index contributed by atoms with van der Waals surface area (Å²) in [6.07, 6.45) is 5.57. The van der Waals surface area contributed by atoms with Crippen LogP contribution in [0.5, 0.6) is 0 Å². The number of aryl methyl sites for hydroxylation is 1. The van der Waals surface area contributed by atoms with E-state index in [1.807, 2.05) is 0 Å². The summed E-state index contributed by atoms with van der Waals surface area (Å²) in [6.45, 7) is 2.18. The summed E-state index contributed by atoms with van der Waals surface area (Å²) < 4.78 is 0. The first-order valence-corrected chi connectivity index (χ1v) is 10.3. The molecule has 1 heterocycles. The highest BCUT2D eigenvalue weighted by Gasteiger charge is 2.30. The van der Waals surface area contributed by atoms with Crippen LogP contribution in [-0.2, 0) is 17.6 Å². The molecule has 0 aromatic heterocycles. The molecule has 1 amide bonds. The Morgan fingerprint density at radius 2 is 1.83 bits per heavy atom. The van der Waals surface area contributed by atoms with E-state index in [-0.39, 0.29) is 16.8 Å². The minimum atomic E-state index is -0.454. The van der Waals surface area contributed by atoms with Gasteiger partial charge in [0.05, 0.1) is 16.4 Å². The number of rotatable bonds is 8. The molecule has 1 N–H and O–H groups in total. The monoisotopic (exact) mass is 410 g/mol. The third kappa shape index (κ3) is 5.99. The SMILES string of the molecule is CCCCc1ccc(CC2S/C(=N/N=C/c3ccc([N+](=O)[O-])cc3)NC2=O)cc1. The summed E-state index contributed by atoms with van der Waals surface area (Å²) in [5.74, 6) is -0.0747. The van der Waals surface area contributed by atoms with Crippen LogP contribution in [0.3, 0.4) is 0 Å². The Hall–Kier alpha value is -3.00. The van der Waals surface area contributed by atoms with Gasteiger partial charge in [0.2, 0.25) is 5.91 Å². The Bertz CT molecular complexity index is 924. The van der Waals surface area contributed by atoms with E-state index < -0.39 is 4.92 Å². The number of carbonyl (C=O) groups excluding carboxylic acids is 1. The number of amidine groups is 1. The maximum absolute atomic E-state index is 12.2. The Balaban J connectivity index is 1.55. The van der Waals surface area contributed by atoms with Gasteiger partial charge in [0, 0.05) is 12.1 Å². The van der Waals surface area contributed by atoms with Crippen molar-refractivity contribution in [2.24, 2.45) is 10.2 Å². The Kier molecular flexibility index (Phi) is 7.13. The van der Waals surface area contributed by atoms with Crippen molar-refractivity contribution >= 4 is 34.7 Å². The molecule has 7 nitrogen and oxygen atoms in total. The molecule has 0 radical (unpaired) electrons. The number of nitrogens with one attached hydrogen (secondary N) is 1. The van der Waals surface area contributed by atoms with Crippen LogP contribution < -0.4 is 5.32 Å². The molecule has 1 unspecified atom stereocenters. The normalized spacial score (nSPS) is 17.8. The number of hydrogen-bond acceptors (Lipinski definition) is 6. The van der Waals surface area contributed by atoms with Crippen LogP contribution in [0.15, 0.2) is 58.7 Å². The molecular weight excluding hydrogens is 388 g/mol. The minimum absolute atomic E-state index is 0.0216. The maximum Gasteiger partial charge on any atom is 0.269 e. The second kappa shape index (κ2) is 9.97. The molecule has 2 aromatic carbocycles. The van der Waals surface area contributed by atoms with Crippen LogP contribution in [0, 0.1) is 10.1 Å². The summed E-state index contributed by atoms with van der Waals surface area (Å²) >= 11 is 1.36. The summed E-state index contributed by atoms with van der Waals surface area (Å²) in [6, 6.07) is 14.4. The number of nitrogens with zero attached hydrogens (tertiary/aromatic N) is 3. The highest BCUT2D eigenvalue weighted by molar-refractivity contribution is 8.15. The first-order valence-electron chi connectivity index (χ1n) is 9.46. The number of nitro groups is 1. The van der Waals surface area contributed by atoms with Crippen molar-refractivity contribution < 1.29 is 9.72 Å². The number of benzene rings is 2. The van der Waals surface area contributed by atoms with E-state index in [2.05, 4.69) is 46.7 Å². The second-order valence-corrected chi connectivity index (χ2v) is 7.91. The summed E-state index contributed by atoms with van der Waals surface area (Å²) in [7, 11) is 0. The van der Waals surface area contributed by atoms with Crippen molar-refractivity contribution in [2.75, 3.05) is 0 Å². The average molecular weight is 410 g/mol. The number of hydrogen-bond donors (Lipinski definition) is 1. The number of thioether (sulfide) groups is 1. The Morgan fingerprint density at radius 1 is 1.14 bits per heavy atom. The third-order valence-electron chi connectivity index (χ3n) is 4.50. The molecule has 2 aromatic rings. The largest absolute Gasteiger partial charge is 0.303 e. The molecule has 0 spiro atoms. The molecule has 0 bridgehead atoms. The molecule has 3 rings (SSSR count). The lowest BCUT2D eigenvalue weighted by atomic mass is 10.0. The fourth-order valence-electron chi connectivity index (χ4n) is 2.85. The van der Waals surface area contributed by atoms with Crippen LogP contribution >= 0.6 is 11.8 Å². The molecule has 1 fully saturated rings. The fourth-order valence-corrected chi connectivity index (χ4v) is 3.82. The molecule has 1 saturated heterocycles. The molecule has 0 aliphatic carbocycles. The smallest absolute Gasteiger partial charge is 0.269 e. The second-order valence-electron chi connectivity index (χ2n) is 6.72. The first-order chi connectivity index (χ1) is 14.0. The lowest BCUT2D eigenvalue weighted by Gasteiger charge is -2.06. The van der Waals surface area contributed by atoms with Gasteiger partial charge in [-0.1, -0.05) is 49.4 Å². The van der Waals surface area contributed by atoms with Gasteiger partial charge in [-0.15, -0.1) is 5.10 Å². The van der Waals surface area contributed by atoms with Crippen molar-refractivity contribution in [1.82, 2.24) is 5.32 Å². The van der Waals surface area contributed by atoms with Gasteiger partial charge in [0.15, 0.2) is 5.17 Å². The van der Waals surface area contributed by atoms with E-state index in [0.29, 0.717) is 17.2 Å². The number of non-ortho nitro benzene ring substituents is 1. The Morgan fingerprint density at radius 3 is 2.48 bits per heavy atom. The zero-order chi connectivity index (χ0) is 20.6. The molecule has 0 saturated carbocycles. The van der Waals surface area contributed by atoms with Crippen molar-refractivity contribution in [1.29, 1.82) is 0 Å². The first kappa shape index (κ1) is 20.7. The van der Waals surface area contributed by atoms with Gasteiger partial charge in [-0.05, 0) is 48.1 Å². The van der Waals surface area contributed by atoms with Crippen LogP contribution in [0.25, 0.3) is 0 Å². The van der Waals surface area contributed by atoms with Gasteiger partial charge in [0.25, 0.3) is 5.69 Å². The quantitative estimate of drug-likeness (QED) is 0.402. The van der Waals surface area contributed by atoms with E-state index in [1.165, 1.54) is 48.5 Å². The maximum atomic E-state index is 12.2. The topological polar surface area (TPSA) is 97.0 Å². The van der Waals surface area contributed by atoms with Crippen molar-refractivity contribution in [3.8, 4) is 0 Å². The van der Waals surface area contributed by atoms with E-state index in [1.54, 1.807) is 12.1 Å².